The lowest BCUT2D eigenvalue weighted by Crippen LogP contribution is -2.37. The molecule has 0 radical (unpaired) electrons. The number of hydrogen-bond donors (Lipinski definition) is 2. The van der Waals surface area contributed by atoms with Gasteiger partial charge in [0.05, 0.1) is 0 Å². The Bertz CT molecular complexity index is 346. The Labute approximate surface area is 103 Å². The molecule has 1 unspecified atom stereocenters. The Kier molecular flexibility index (Phi) is 5.70. The molecule has 1 aromatic rings. The van der Waals surface area contributed by atoms with Crippen molar-refractivity contribution in [2.45, 2.75) is 39.2 Å². The van der Waals surface area contributed by atoms with Gasteiger partial charge in [-0.3, -0.25) is 4.79 Å². The molecule has 0 aromatic heterocycles. The van der Waals surface area contributed by atoms with Gasteiger partial charge in [0, 0.05) is 18.2 Å². The van der Waals surface area contributed by atoms with Gasteiger partial charge < -0.3 is 11.1 Å². The first-order valence-corrected chi connectivity index (χ1v) is 6.30. The van der Waals surface area contributed by atoms with Gasteiger partial charge in [0.15, 0.2) is 0 Å². The van der Waals surface area contributed by atoms with E-state index in [0.717, 1.165) is 19.3 Å². The van der Waals surface area contributed by atoms with E-state index in [1.54, 1.807) is 0 Å². The number of benzene rings is 1. The predicted octanol–water partition coefficient (Wildman–Crippen LogP) is 2.11. The fourth-order valence-corrected chi connectivity index (χ4v) is 1.69. The maximum absolute atomic E-state index is 11.8. The van der Waals surface area contributed by atoms with E-state index in [4.69, 9.17) is 5.73 Å². The third-order valence-electron chi connectivity index (χ3n) is 2.81. The molecule has 0 aliphatic carbocycles. The van der Waals surface area contributed by atoms with E-state index < -0.39 is 0 Å². The fraction of sp³-hybridized carbons (Fsp3) is 0.500. The van der Waals surface area contributed by atoms with Crippen molar-refractivity contribution in [1.82, 2.24) is 5.32 Å². The van der Waals surface area contributed by atoms with Gasteiger partial charge in [-0.2, -0.15) is 0 Å². The zero-order chi connectivity index (χ0) is 12.7. The van der Waals surface area contributed by atoms with Crippen LogP contribution in [0, 0.1) is 0 Å². The topological polar surface area (TPSA) is 55.1 Å². The molecule has 3 N–H and O–H groups in total. The van der Waals surface area contributed by atoms with Crippen LogP contribution in [0.15, 0.2) is 24.3 Å². The molecule has 0 spiro atoms. The van der Waals surface area contributed by atoms with Crippen molar-refractivity contribution >= 4 is 5.91 Å². The quantitative estimate of drug-likeness (QED) is 0.792. The third-order valence-corrected chi connectivity index (χ3v) is 2.81. The summed E-state index contributed by atoms with van der Waals surface area (Å²) in [6.45, 7) is 4.73. The van der Waals surface area contributed by atoms with Crippen LogP contribution in [0.2, 0.25) is 0 Å². The van der Waals surface area contributed by atoms with Gasteiger partial charge in [-0.25, -0.2) is 0 Å². The smallest absolute Gasteiger partial charge is 0.251 e. The predicted molar refractivity (Wildman–Crippen MR) is 71.0 cm³/mol. The number of carbonyl (C=O) groups is 1. The van der Waals surface area contributed by atoms with E-state index in [-0.39, 0.29) is 11.9 Å². The third kappa shape index (κ3) is 4.57. The van der Waals surface area contributed by atoms with Crippen LogP contribution in [0.25, 0.3) is 0 Å². The average molecular weight is 234 g/mol. The van der Waals surface area contributed by atoms with Crippen molar-refractivity contribution in [3.05, 3.63) is 35.4 Å². The highest BCUT2D eigenvalue weighted by atomic mass is 16.1. The van der Waals surface area contributed by atoms with E-state index in [2.05, 4.69) is 19.2 Å². The molecule has 0 aliphatic rings. The Hall–Kier alpha value is -1.35. The Morgan fingerprint density at radius 3 is 2.47 bits per heavy atom. The highest BCUT2D eigenvalue weighted by molar-refractivity contribution is 5.94. The number of aryl methyl sites for hydroxylation is 1. The average Bonchev–Trinajstić information content (AvgIpc) is 2.36. The SMILES string of the molecule is CCCC(N)CNC(=O)c1ccc(CC)cc1. The molecule has 0 bridgehead atoms. The second kappa shape index (κ2) is 7.07. The van der Waals surface area contributed by atoms with Gasteiger partial charge in [-0.15, -0.1) is 0 Å². The summed E-state index contributed by atoms with van der Waals surface area (Å²) in [6, 6.07) is 7.75. The summed E-state index contributed by atoms with van der Waals surface area (Å²) in [6.07, 6.45) is 2.97. The van der Waals surface area contributed by atoms with Crippen molar-refractivity contribution in [1.29, 1.82) is 0 Å². The van der Waals surface area contributed by atoms with Crippen molar-refractivity contribution in [2.24, 2.45) is 5.73 Å². The van der Waals surface area contributed by atoms with E-state index in [9.17, 15) is 4.79 Å². The number of nitrogens with one attached hydrogen (secondary N) is 1. The molecular weight excluding hydrogens is 212 g/mol. The zero-order valence-electron chi connectivity index (χ0n) is 10.7. The second-order valence-corrected chi connectivity index (χ2v) is 4.31. The lowest BCUT2D eigenvalue weighted by atomic mass is 10.1. The minimum atomic E-state index is -0.0424. The summed E-state index contributed by atoms with van der Waals surface area (Å²) in [5.41, 5.74) is 7.78. The second-order valence-electron chi connectivity index (χ2n) is 4.31. The van der Waals surface area contributed by atoms with Crippen LogP contribution in [-0.2, 0) is 6.42 Å². The van der Waals surface area contributed by atoms with Crippen molar-refractivity contribution in [3.63, 3.8) is 0 Å². The molecule has 0 saturated heterocycles. The van der Waals surface area contributed by atoms with Gasteiger partial charge in [0.25, 0.3) is 5.91 Å². The standard InChI is InChI=1S/C14H22N2O/c1-3-5-13(15)10-16-14(17)12-8-6-11(4-2)7-9-12/h6-9,13H,3-5,10,15H2,1-2H3,(H,16,17). The highest BCUT2D eigenvalue weighted by Crippen LogP contribution is 2.05. The van der Waals surface area contributed by atoms with Gasteiger partial charge in [-0.1, -0.05) is 32.4 Å². The lowest BCUT2D eigenvalue weighted by Gasteiger charge is -2.11. The number of nitrogens with two attached hydrogens (primary N) is 1. The van der Waals surface area contributed by atoms with Crippen LogP contribution in [0.4, 0.5) is 0 Å². The minimum absolute atomic E-state index is 0.0424. The molecule has 1 atom stereocenters. The van der Waals surface area contributed by atoms with E-state index in [1.165, 1.54) is 5.56 Å². The number of amides is 1. The lowest BCUT2D eigenvalue weighted by molar-refractivity contribution is 0.0950. The van der Waals surface area contributed by atoms with Gasteiger partial charge in [0.2, 0.25) is 0 Å². The van der Waals surface area contributed by atoms with E-state index in [0.29, 0.717) is 12.1 Å². The summed E-state index contributed by atoms with van der Waals surface area (Å²) < 4.78 is 0. The van der Waals surface area contributed by atoms with E-state index >= 15 is 0 Å². The normalized spacial score (nSPS) is 12.2. The Morgan fingerprint density at radius 2 is 1.94 bits per heavy atom. The molecule has 3 nitrogen and oxygen atoms in total. The summed E-state index contributed by atoms with van der Waals surface area (Å²) in [7, 11) is 0. The first kappa shape index (κ1) is 13.7. The largest absolute Gasteiger partial charge is 0.350 e. The maximum Gasteiger partial charge on any atom is 0.251 e. The van der Waals surface area contributed by atoms with Crippen molar-refractivity contribution in [3.8, 4) is 0 Å². The maximum atomic E-state index is 11.8. The first-order valence-electron chi connectivity index (χ1n) is 6.30. The summed E-state index contributed by atoms with van der Waals surface area (Å²) in [4.78, 5) is 11.8. The molecule has 3 heteroatoms. The summed E-state index contributed by atoms with van der Waals surface area (Å²) >= 11 is 0. The molecule has 94 valence electrons. The number of carbonyl (C=O) groups excluding carboxylic acids is 1. The fourth-order valence-electron chi connectivity index (χ4n) is 1.69. The molecule has 1 aromatic carbocycles. The van der Waals surface area contributed by atoms with E-state index in [1.807, 2.05) is 24.3 Å². The van der Waals surface area contributed by atoms with Crippen LogP contribution in [-0.4, -0.2) is 18.5 Å². The summed E-state index contributed by atoms with van der Waals surface area (Å²) in [5.74, 6) is -0.0424. The Balaban J connectivity index is 2.46. The number of rotatable bonds is 6. The van der Waals surface area contributed by atoms with Crippen LogP contribution < -0.4 is 11.1 Å². The number of hydrogen-bond acceptors (Lipinski definition) is 2. The highest BCUT2D eigenvalue weighted by Gasteiger charge is 2.07. The molecule has 1 amide bonds. The van der Waals surface area contributed by atoms with Crippen molar-refractivity contribution < 1.29 is 4.79 Å². The molecular formula is C14H22N2O. The molecule has 17 heavy (non-hydrogen) atoms. The van der Waals surface area contributed by atoms with Crippen LogP contribution in [0.1, 0.15) is 42.6 Å². The molecule has 0 aliphatic heterocycles. The molecule has 0 fully saturated rings. The molecule has 0 heterocycles. The zero-order valence-corrected chi connectivity index (χ0v) is 10.7. The summed E-state index contributed by atoms with van der Waals surface area (Å²) in [5, 5.41) is 2.86. The van der Waals surface area contributed by atoms with Gasteiger partial charge in [-0.05, 0) is 30.5 Å². The van der Waals surface area contributed by atoms with Crippen LogP contribution >= 0.6 is 0 Å². The Morgan fingerprint density at radius 1 is 1.29 bits per heavy atom. The minimum Gasteiger partial charge on any atom is -0.350 e. The van der Waals surface area contributed by atoms with Crippen LogP contribution in [0.3, 0.4) is 0 Å². The molecule has 1 rings (SSSR count). The van der Waals surface area contributed by atoms with Crippen LogP contribution in [0.5, 0.6) is 0 Å². The molecule has 0 saturated carbocycles. The first-order chi connectivity index (χ1) is 8.17. The van der Waals surface area contributed by atoms with Crippen molar-refractivity contribution in [2.75, 3.05) is 6.54 Å². The monoisotopic (exact) mass is 234 g/mol. The van der Waals surface area contributed by atoms with Gasteiger partial charge in [0.1, 0.15) is 0 Å². The van der Waals surface area contributed by atoms with Gasteiger partial charge >= 0.3 is 0 Å².